The summed E-state index contributed by atoms with van der Waals surface area (Å²) in [6, 6.07) is 18.8. The Bertz CT molecular complexity index is 1220. The maximum Gasteiger partial charge on any atom is 0.326 e. The third kappa shape index (κ3) is 5.20. The number of hydrogen-bond donors (Lipinski definition) is 2. The molecule has 0 heterocycles. The van der Waals surface area contributed by atoms with E-state index in [1.165, 1.54) is 0 Å². The summed E-state index contributed by atoms with van der Waals surface area (Å²) >= 11 is 0. The molecule has 0 saturated heterocycles. The van der Waals surface area contributed by atoms with Crippen LogP contribution in [0.2, 0.25) is 0 Å². The van der Waals surface area contributed by atoms with Gasteiger partial charge < -0.3 is 10.1 Å². The van der Waals surface area contributed by atoms with Gasteiger partial charge in [-0.3, -0.25) is 10.1 Å². The molecule has 5 nitrogen and oxygen atoms in total. The molecule has 0 saturated carbocycles. The maximum absolute atomic E-state index is 13.7. The molecule has 3 aromatic rings. The Morgan fingerprint density at radius 2 is 1.59 bits per heavy atom. The van der Waals surface area contributed by atoms with Gasteiger partial charge in [-0.15, -0.1) is 0 Å². The van der Waals surface area contributed by atoms with Crippen molar-refractivity contribution < 1.29 is 23.1 Å². The van der Waals surface area contributed by atoms with Gasteiger partial charge in [0.1, 0.15) is 29.6 Å². The molecule has 0 aliphatic heterocycles. The van der Waals surface area contributed by atoms with Gasteiger partial charge in [-0.1, -0.05) is 60.7 Å². The van der Waals surface area contributed by atoms with Crippen molar-refractivity contribution in [1.82, 2.24) is 5.32 Å². The van der Waals surface area contributed by atoms with Crippen molar-refractivity contribution in [3.05, 3.63) is 120 Å². The molecule has 1 atom stereocenters. The summed E-state index contributed by atoms with van der Waals surface area (Å²) in [6.07, 6.45) is 9.08. The minimum Gasteiger partial charge on any atom is -0.492 e. The van der Waals surface area contributed by atoms with Gasteiger partial charge in [0.05, 0.1) is 5.41 Å². The number of nitrogens with one attached hydrogen (secondary N) is 2. The SMILES string of the molecule is O=C(NC(=O)c1c(F)cccc1F)Nc1ccc(OCC2(c3ccccc3)C=CC=CC2)cc1. The smallest absolute Gasteiger partial charge is 0.326 e. The highest BCUT2D eigenvalue weighted by molar-refractivity contribution is 6.08. The van der Waals surface area contributed by atoms with Gasteiger partial charge in [0.15, 0.2) is 0 Å². The van der Waals surface area contributed by atoms with Crippen molar-refractivity contribution >= 4 is 17.6 Å². The molecule has 0 aromatic heterocycles. The van der Waals surface area contributed by atoms with Gasteiger partial charge >= 0.3 is 6.03 Å². The Hall–Kier alpha value is -4.26. The van der Waals surface area contributed by atoms with Crippen LogP contribution in [0.1, 0.15) is 22.3 Å². The van der Waals surface area contributed by atoms with Crippen LogP contribution in [-0.4, -0.2) is 18.5 Å². The molecule has 2 N–H and O–H groups in total. The first-order valence-corrected chi connectivity index (χ1v) is 10.7. The average molecular weight is 460 g/mol. The predicted octanol–water partition coefficient (Wildman–Crippen LogP) is 5.76. The highest BCUT2D eigenvalue weighted by atomic mass is 19.1. The minimum atomic E-state index is -1.17. The summed E-state index contributed by atoms with van der Waals surface area (Å²) in [7, 11) is 0. The molecular weight excluding hydrogens is 438 g/mol. The molecule has 0 spiro atoms. The van der Waals surface area contributed by atoms with Gasteiger partial charge in [-0.05, 0) is 48.4 Å². The summed E-state index contributed by atoms with van der Waals surface area (Å²) < 4.78 is 33.5. The van der Waals surface area contributed by atoms with E-state index in [0.29, 0.717) is 18.0 Å². The Morgan fingerprint density at radius 3 is 2.24 bits per heavy atom. The van der Waals surface area contributed by atoms with Crippen LogP contribution in [0.5, 0.6) is 5.75 Å². The van der Waals surface area contributed by atoms with Crippen molar-refractivity contribution in [1.29, 1.82) is 0 Å². The first-order valence-electron chi connectivity index (χ1n) is 10.7. The van der Waals surface area contributed by atoms with Gasteiger partial charge in [0.2, 0.25) is 0 Å². The molecule has 34 heavy (non-hydrogen) atoms. The van der Waals surface area contributed by atoms with E-state index in [-0.39, 0.29) is 5.41 Å². The Kier molecular flexibility index (Phi) is 6.82. The van der Waals surface area contributed by atoms with E-state index < -0.39 is 29.1 Å². The zero-order chi connectivity index (χ0) is 24.0. The number of imide groups is 1. The molecular formula is C27H22F2N2O3. The molecule has 1 aliphatic rings. The number of carbonyl (C=O) groups is 2. The second-order valence-corrected chi connectivity index (χ2v) is 7.83. The molecule has 1 aliphatic carbocycles. The maximum atomic E-state index is 13.7. The van der Waals surface area contributed by atoms with Crippen LogP contribution >= 0.6 is 0 Å². The van der Waals surface area contributed by atoms with Crippen molar-refractivity contribution in [2.24, 2.45) is 0 Å². The summed E-state index contributed by atoms with van der Waals surface area (Å²) in [5.74, 6) is -2.67. The average Bonchev–Trinajstić information content (AvgIpc) is 2.84. The number of halogens is 2. The van der Waals surface area contributed by atoms with Crippen molar-refractivity contribution in [2.75, 3.05) is 11.9 Å². The fourth-order valence-corrected chi connectivity index (χ4v) is 3.73. The molecule has 3 aromatic carbocycles. The number of benzene rings is 3. The minimum absolute atomic E-state index is 0.283. The van der Waals surface area contributed by atoms with Crippen molar-refractivity contribution in [3.8, 4) is 5.75 Å². The normalized spacial score (nSPS) is 16.6. The summed E-state index contributed by atoms with van der Waals surface area (Å²) in [5, 5.41) is 4.37. The number of amides is 3. The number of urea groups is 1. The number of rotatable bonds is 6. The highest BCUT2D eigenvalue weighted by Crippen LogP contribution is 2.33. The first kappa shape index (κ1) is 22.9. The lowest BCUT2D eigenvalue weighted by Gasteiger charge is -2.31. The van der Waals surface area contributed by atoms with Gasteiger partial charge in [-0.2, -0.15) is 0 Å². The van der Waals surface area contributed by atoms with Crippen molar-refractivity contribution in [2.45, 2.75) is 11.8 Å². The number of hydrogen-bond acceptors (Lipinski definition) is 3. The second kappa shape index (κ2) is 10.1. The Morgan fingerprint density at radius 1 is 0.882 bits per heavy atom. The second-order valence-electron chi connectivity index (χ2n) is 7.83. The fourth-order valence-electron chi connectivity index (χ4n) is 3.73. The number of allylic oxidation sites excluding steroid dienone is 3. The number of ether oxygens (including phenoxy) is 1. The van der Waals surface area contributed by atoms with E-state index >= 15 is 0 Å². The zero-order valence-corrected chi connectivity index (χ0v) is 18.1. The lowest BCUT2D eigenvalue weighted by Crippen LogP contribution is -2.35. The molecule has 4 rings (SSSR count). The number of anilines is 1. The van der Waals surface area contributed by atoms with Crippen LogP contribution < -0.4 is 15.4 Å². The van der Waals surface area contributed by atoms with Crippen LogP contribution in [-0.2, 0) is 5.41 Å². The van der Waals surface area contributed by atoms with Crippen LogP contribution in [0.4, 0.5) is 19.3 Å². The monoisotopic (exact) mass is 460 g/mol. The first-order chi connectivity index (χ1) is 16.5. The van der Waals surface area contributed by atoms with Gasteiger partial charge in [0, 0.05) is 5.69 Å². The number of carbonyl (C=O) groups excluding carboxylic acids is 2. The Labute approximate surface area is 195 Å². The Balaban J connectivity index is 1.37. The van der Waals surface area contributed by atoms with E-state index in [4.69, 9.17) is 4.74 Å². The van der Waals surface area contributed by atoms with E-state index in [0.717, 1.165) is 30.2 Å². The molecule has 3 amide bonds. The van der Waals surface area contributed by atoms with Gasteiger partial charge in [-0.25, -0.2) is 13.6 Å². The van der Waals surface area contributed by atoms with Crippen LogP contribution in [0.3, 0.4) is 0 Å². The van der Waals surface area contributed by atoms with E-state index in [1.807, 2.05) is 35.7 Å². The predicted molar refractivity (Wildman–Crippen MR) is 126 cm³/mol. The highest BCUT2D eigenvalue weighted by Gasteiger charge is 2.30. The largest absolute Gasteiger partial charge is 0.492 e. The molecule has 0 bridgehead atoms. The van der Waals surface area contributed by atoms with E-state index in [2.05, 4.69) is 29.6 Å². The summed E-state index contributed by atoms with van der Waals surface area (Å²) in [6.45, 7) is 0.424. The topological polar surface area (TPSA) is 67.4 Å². The molecule has 1 unspecified atom stereocenters. The standard InChI is InChI=1S/C27H22F2N2O3/c28-22-10-7-11-23(29)24(22)25(32)31-26(33)30-20-12-14-21(15-13-20)34-18-27(16-5-2-6-17-27)19-8-3-1-4-9-19/h1-16H,17-18H2,(H2,30,31,32,33). The molecule has 7 heteroatoms. The lowest BCUT2D eigenvalue weighted by molar-refractivity contribution is 0.0959. The van der Waals surface area contributed by atoms with Crippen LogP contribution in [0.15, 0.2) is 97.1 Å². The third-order valence-electron chi connectivity index (χ3n) is 5.52. The van der Waals surface area contributed by atoms with E-state index in [1.54, 1.807) is 24.3 Å². The van der Waals surface area contributed by atoms with Crippen LogP contribution in [0.25, 0.3) is 0 Å². The van der Waals surface area contributed by atoms with Gasteiger partial charge in [0.25, 0.3) is 5.91 Å². The van der Waals surface area contributed by atoms with Crippen molar-refractivity contribution in [3.63, 3.8) is 0 Å². The lowest BCUT2D eigenvalue weighted by atomic mass is 9.76. The quantitative estimate of drug-likeness (QED) is 0.492. The zero-order valence-electron chi connectivity index (χ0n) is 18.1. The molecule has 0 radical (unpaired) electrons. The van der Waals surface area contributed by atoms with E-state index in [9.17, 15) is 18.4 Å². The van der Waals surface area contributed by atoms with Crippen LogP contribution in [0, 0.1) is 11.6 Å². The molecule has 0 fully saturated rings. The summed E-state index contributed by atoms with van der Waals surface area (Å²) in [5.41, 5.74) is 0.432. The fraction of sp³-hybridized carbons (Fsp3) is 0.111. The third-order valence-corrected chi connectivity index (χ3v) is 5.52. The summed E-state index contributed by atoms with van der Waals surface area (Å²) in [4.78, 5) is 24.1. The molecule has 172 valence electrons.